The lowest BCUT2D eigenvalue weighted by Gasteiger charge is -2.08. The van der Waals surface area contributed by atoms with Crippen LogP contribution in [0.25, 0.3) is 28.2 Å². The van der Waals surface area contributed by atoms with Crippen molar-refractivity contribution in [3.05, 3.63) is 78.0 Å². The Balaban J connectivity index is 1.38. The number of aromatic nitrogens is 8. The van der Waals surface area contributed by atoms with Crippen molar-refractivity contribution in [2.24, 2.45) is 7.05 Å². The van der Waals surface area contributed by atoms with E-state index in [1.807, 2.05) is 38.1 Å². The van der Waals surface area contributed by atoms with E-state index in [0.29, 0.717) is 17.7 Å². The molecule has 1 saturated carbocycles. The standard InChI is InChI=1S/C24H22N8/c1-14-26-20(17-11-18(17)24-29-19-8-4-5-9-21(19)31(24)3)12-22(27-14)32-23(28-15(2)30-32)16-7-6-10-25-13-16/h4-10,12-13,17-18H,11H2,1-3H3. The second-order valence-corrected chi connectivity index (χ2v) is 8.30. The number of benzene rings is 1. The van der Waals surface area contributed by atoms with E-state index in [-0.39, 0.29) is 0 Å². The highest BCUT2D eigenvalue weighted by molar-refractivity contribution is 5.76. The Morgan fingerprint density at radius 3 is 2.59 bits per heavy atom. The minimum absolute atomic E-state index is 0.317. The molecule has 2 unspecified atom stereocenters. The van der Waals surface area contributed by atoms with Gasteiger partial charge in [0.25, 0.3) is 0 Å². The predicted octanol–water partition coefficient (Wildman–Crippen LogP) is 3.89. The van der Waals surface area contributed by atoms with Gasteiger partial charge in [-0.3, -0.25) is 4.98 Å². The fraction of sp³-hybridized carbons (Fsp3) is 0.250. The molecular formula is C24H22N8. The summed E-state index contributed by atoms with van der Waals surface area (Å²) in [6.07, 6.45) is 4.56. The summed E-state index contributed by atoms with van der Waals surface area (Å²) in [6.45, 7) is 3.81. The van der Waals surface area contributed by atoms with Crippen molar-refractivity contribution in [2.75, 3.05) is 0 Å². The maximum atomic E-state index is 4.90. The first-order valence-electron chi connectivity index (χ1n) is 10.7. The van der Waals surface area contributed by atoms with Crippen LogP contribution in [0.15, 0.2) is 54.9 Å². The van der Waals surface area contributed by atoms with Gasteiger partial charge in [0.05, 0.1) is 16.7 Å². The highest BCUT2D eigenvalue weighted by Gasteiger charge is 2.44. The van der Waals surface area contributed by atoms with Crippen LogP contribution in [0, 0.1) is 13.8 Å². The van der Waals surface area contributed by atoms with Crippen molar-refractivity contribution >= 4 is 11.0 Å². The number of para-hydroxylation sites is 2. The lowest BCUT2D eigenvalue weighted by atomic mass is 10.2. The summed E-state index contributed by atoms with van der Waals surface area (Å²) in [5, 5.41) is 4.61. The molecule has 8 heteroatoms. The first-order valence-corrected chi connectivity index (χ1v) is 10.7. The minimum Gasteiger partial charge on any atom is -0.331 e. The van der Waals surface area contributed by atoms with Gasteiger partial charge in [-0.05, 0) is 44.5 Å². The molecular weight excluding hydrogens is 400 g/mol. The topological polar surface area (TPSA) is 87.2 Å². The van der Waals surface area contributed by atoms with Crippen molar-refractivity contribution in [1.82, 2.24) is 39.3 Å². The maximum Gasteiger partial charge on any atom is 0.166 e. The average molecular weight is 422 g/mol. The molecule has 0 spiro atoms. The summed E-state index contributed by atoms with van der Waals surface area (Å²) in [5.74, 6) is 4.64. The molecule has 1 aliphatic rings. The second kappa shape index (κ2) is 7.05. The number of rotatable bonds is 4. The quantitative estimate of drug-likeness (QED) is 0.437. The lowest BCUT2D eigenvalue weighted by Crippen LogP contribution is -2.07. The van der Waals surface area contributed by atoms with E-state index >= 15 is 0 Å². The number of fused-ring (bicyclic) bond motifs is 1. The van der Waals surface area contributed by atoms with Crippen LogP contribution in [0.2, 0.25) is 0 Å². The summed E-state index contributed by atoms with van der Waals surface area (Å²) in [6, 6.07) is 14.2. The highest BCUT2D eigenvalue weighted by atomic mass is 15.4. The van der Waals surface area contributed by atoms with Gasteiger partial charge in [-0.25, -0.2) is 19.9 Å². The Labute approximate surface area is 185 Å². The van der Waals surface area contributed by atoms with Gasteiger partial charge >= 0.3 is 0 Å². The summed E-state index contributed by atoms with van der Waals surface area (Å²) >= 11 is 0. The number of aryl methyl sites for hydroxylation is 3. The summed E-state index contributed by atoms with van der Waals surface area (Å²) in [5.41, 5.74) is 4.12. The smallest absolute Gasteiger partial charge is 0.166 e. The lowest BCUT2D eigenvalue weighted by molar-refractivity contribution is 0.781. The third kappa shape index (κ3) is 3.07. The molecule has 1 aromatic carbocycles. The Kier molecular flexibility index (Phi) is 4.14. The van der Waals surface area contributed by atoms with Gasteiger partial charge < -0.3 is 4.57 Å². The van der Waals surface area contributed by atoms with Gasteiger partial charge in [-0.15, -0.1) is 5.10 Å². The molecule has 0 N–H and O–H groups in total. The largest absolute Gasteiger partial charge is 0.331 e. The molecule has 158 valence electrons. The zero-order chi connectivity index (χ0) is 21.8. The molecule has 0 amide bonds. The van der Waals surface area contributed by atoms with Crippen LogP contribution < -0.4 is 0 Å². The molecule has 4 aromatic heterocycles. The molecule has 8 nitrogen and oxygen atoms in total. The van der Waals surface area contributed by atoms with Gasteiger partial charge in [0.2, 0.25) is 0 Å². The van der Waals surface area contributed by atoms with E-state index in [1.54, 1.807) is 17.1 Å². The molecule has 2 atom stereocenters. The second-order valence-electron chi connectivity index (χ2n) is 8.30. The Hall–Kier alpha value is -3.94. The van der Waals surface area contributed by atoms with E-state index in [2.05, 4.69) is 49.9 Å². The van der Waals surface area contributed by atoms with Crippen LogP contribution >= 0.6 is 0 Å². The van der Waals surface area contributed by atoms with Crippen molar-refractivity contribution < 1.29 is 0 Å². The zero-order valence-corrected chi connectivity index (χ0v) is 18.1. The molecule has 32 heavy (non-hydrogen) atoms. The van der Waals surface area contributed by atoms with E-state index in [1.165, 1.54) is 0 Å². The van der Waals surface area contributed by atoms with Crippen molar-refractivity contribution in [3.63, 3.8) is 0 Å². The normalized spacial score (nSPS) is 17.7. The summed E-state index contributed by atoms with van der Waals surface area (Å²) < 4.78 is 3.99. The molecule has 0 aliphatic heterocycles. The summed E-state index contributed by atoms with van der Waals surface area (Å²) in [4.78, 5) is 23.2. The molecule has 5 aromatic rings. The third-order valence-corrected chi connectivity index (χ3v) is 6.02. The SMILES string of the molecule is Cc1nc(C2CC2c2nc3ccccc3n2C)cc(-n2nc(C)nc2-c2cccnc2)n1. The van der Waals surface area contributed by atoms with Crippen molar-refractivity contribution in [2.45, 2.75) is 32.1 Å². The van der Waals surface area contributed by atoms with E-state index in [0.717, 1.165) is 52.0 Å². The van der Waals surface area contributed by atoms with E-state index in [9.17, 15) is 0 Å². The summed E-state index contributed by atoms with van der Waals surface area (Å²) in [7, 11) is 2.09. The molecule has 6 rings (SSSR count). The van der Waals surface area contributed by atoms with Crippen LogP contribution in [0.5, 0.6) is 0 Å². The predicted molar refractivity (Wildman–Crippen MR) is 120 cm³/mol. The number of pyridine rings is 1. The molecule has 4 heterocycles. The van der Waals surface area contributed by atoms with Crippen LogP contribution in [0.4, 0.5) is 0 Å². The average Bonchev–Trinajstić information content (AvgIpc) is 3.40. The Bertz CT molecular complexity index is 1450. The fourth-order valence-electron chi connectivity index (χ4n) is 4.43. The van der Waals surface area contributed by atoms with Crippen LogP contribution in [-0.4, -0.2) is 39.3 Å². The number of nitrogens with zero attached hydrogens (tertiary/aromatic N) is 8. The molecule has 1 fully saturated rings. The maximum absolute atomic E-state index is 4.90. The molecule has 1 aliphatic carbocycles. The van der Waals surface area contributed by atoms with E-state index in [4.69, 9.17) is 9.97 Å². The first kappa shape index (κ1) is 18.8. The fourth-order valence-corrected chi connectivity index (χ4v) is 4.43. The zero-order valence-electron chi connectivity index (χ0n) is 18.1. The minimum atomic E-state index is 0.317. The highest BCUT2D eigenvalue weighted by Crippen LogP contribution is 2.54. The van der Waals surface area contributed by atoms with Gasteiger partial charge in [0.1, 0.15) is 17.5 Å². The molecule has 0 bridgehead atoms. The number of hydrogen-bond donors (Lipinski definition) is 0. The Morgan fingerprint density at radius 1 is 0.906 bits per heavy atom. The molecule has 0 saturated heterocycles. The van der Waals surface area contributed by atoms with Crippen LogP contribution in [0.1, 0.15) is 41.4 Å². The third-order valence-electron chi connectivity index (χ3n) is 6.02. The first-order chi connectivity index (χ1) is 15.6. The van der Waals surface area contributed by atoms with Gasteiger partial charge in [0.15, 0.2) is 11.6 Å². The van der Waals surface area contributed by atoms with Crippen molar-refractivity contribution in [1.29, 1.82) is 0 Å². The van der Waals surface area contributed by atoms with Gasteiger partial charge in [-0.1, -0.05) is 12.1 Å². The number of imidazole rings is 1. The van der Waals surface area contributed by atoms with Crippen LogP contribution in [-0.2, 0) is 7.05 Å². The van der Waals surface area contributed by atoms with Gasteiger partial charge in [-0.2, -0.15) is 4.68 Å². The van der Waals surface area contributed by atoms with Crippen LogP contribution in [0.3, 0.4) is 0 Å². The van der Waals surface area contributed by atoms with E-state index < -0.39 is 0 Å². The molecule has 0 radical (unpaired) electrons. The van der Waals surface area contributed by atoms with Crippen molar-refractivity contribution in [3.8, 4) is 17.2 Å². The Morgan fingerprint density at radius 2 is 1.78 bits per heavy atom. The monoisotopic (exact) mass is 422 g/mol. The number of hydrogen-bond acceptors (Lipinski definition) is 6. The van der Waals surface area contributed by atoms with Gasteiger partial charge in [0, 0.05) is 42.9 Å².